The van der Waals surface area contributed by atoms with Gasteiger partial charge in [0.2, 0.25) is 0 Å². The Morgan fingerprint density at radius 1 is 1.04 bits per heavy atom. The molecule has 10 nitrogen and oxygen atoms in total. The first-order valence-electron chi connectivity index (χ1n) is 8.17. The SMILES string of the molecule is COc1ccccc1OCC(=O)NNC(=O)[C@H](C)Oc1ccccc1[N+](=O)[O-]. The maximum Gasteiger partial charge on any atom is 0.310 e. The molecule has 0 spiro atoms. The van der Waals surface area contributed by atoms with E-state index in [2.05, 4.69) is 10.9 Å². The van der Waals surface area contributed by atoms with Crippen LogP contribution in [0.15, 0.2) is 48.5 Å². The van der Waals surface area contributed by atoms with Crippen LogP contribution in [-0.4, -0.2) is 36.6 Å². The number of nitro benzene ring substituents is 1. The Kier molecular flexibility index (Phi) is 7.14. The second-order valence-electron chi connectivity index (χ2n) is 5.46. The van der Waals surface area contributed by atoms with Gasteiger partial charge in [0.05, 0.1) is 12.0 Å². The number of hydrogen-bond donors (Lipinski definition) is 2. The molecule has 0 saturated carbocycles. The number of nitro groups is 1. The van der Waals surface area contributed by atoms with Crippen LogP contribution in [0.3, 0.4) is 0 Å². The average molecular weight is 389 g/mol. The molecular weight excluding hydrogens is 370 g/mol. The Morgan fingerprint density at radius 3 is 2.29 bits per heavy atom. The van der Waals surface area contributed by atoms with Gasteiger partial charge in [-0.25, -0.2) is 0 Å². The number of para-hydroxylation sites is 4. The number of nitrogens with zero attached hydrogens (tertiary/aromatic N) is 1. The van der Waals surface area contributed by atoms with Gasteiger partial charge in [-0.1, -0.05) is 24.3 Å². The third-order valence-electron chi connectivity index (χ3n) is 3.49. The highest BCUT2D eigenvalue weighted by Gasteiger charge is 2.21. The first-order valence-corrected chi connectivity index (χ1v) is 8.17. The molecule has 0 heterocycles. The summed E-state index contributed by atoms with van der Waals surface area (Å²) in [5.74, 6) is -0.521. The third-order valence-corrected chi connectivity index (χ3v) is 3.49. The number of hydrazine groups is 1. The zero-order chi connectivity index (χ0) is 20.5. The molecule has 2 aromatic rings. The summed E-state index contributed by atoms with van der Waals surface area (Å²) < 4.78 is 15.7. The molecule has 0 radical (unpaired) electrons. The smallest absolute Gasteiger partial charge is 0.310 e. The van der Waals surface area contributed by atoms with Gasteiger partial charge in [0.15, 0.2) is 30.0 Å². The monoisotopic (exact) mass is 389 g/mol. The summed E-state index contributed by atoms with van der Waals surface area (Å²) in [7, 11) is 1.47. The van der Waals surface area contributed by atoms with Crippen LogP contribution in [0.4, 0.5) is 5.69 Å². The molecule has 10 heteroatoms. The molecule has 2 rings (SSSR count). The van der Waals surface area contributed by atoms with E-state index in [0.717, 1.165) is 0 Å². The lowest BCUT2D eigenvalue weighted by atomic mass is 10.3. The maximum absolute atomic E-state index is 12.0. The van der Waals surface area contributed by atoms with E-state index in [9.17, 15) is 19.7 Å². The van der Waals surface area contributed by atoms with Crippen molar-refractivity contribution in [1.29, 1.82) is 0 Å². The van der Waals surface area contributed by atoms with Gasteiger partial charge in [0, 0.05) is 6.07 Å². The van der Waals surface area contributed by atoms with Crippen LogP contribution < -0.4 is 25.1 Å². The Balaban J connectivity index is 1.83. The molecule has 2 aromatic carbocycles. The Morgan fingerprint density at radius 2 is 1.64 bits per heavy atom. The minimum absolute atomic E-state index is 0.0546. The molecule has 2 amide bonds. The lowest BCUT2D eigenvalue weighted by Gasteiger charge is -2.15. The van der Waals surface area contributed by atoms with Crippen LogP contribution >= 0.6 is 0 Å². The van der Waals surface area contributed by atoms with Crippen LogP contribution in [0.5, 0.6) is 17.2 Å². The lowest BCUT2D eigenvalue weighted by Crippen LogP contribution is -2.48. The van der Waals surface area contributed by atoms with Crippen molar-refractivity contribution in [3.8, 4) is 17.2 Å². The first-order chi connectivity index (χ1) is 13.4. The van der Waals surface area contributed by atoms with Crippen molar-refractivity contribution >= 4 is 17.5 Å². The molecule has 2 N–H and O–H groups in total. The zero-order valence-electron chi connectivity index (χ0n) is 15.2. The van der Waals surface area contributed by atoms with Gasteiger partial charge in [-0.05, 0) is 25.1 Å². The highest BCUT2D eigenvalue weighted by Crippen LogP contribution is 2.27. The fourth-order valence-corrected chi connectivity index (χ4v) is 2.10. The van der Waals surface area contributed by atoms with E-state index in [4.69, 9.17) is 14.2 Å². The number of carbonyl (C=O) groups excluding carboxylic acids is 2. The normalized spacial score (nSPS) is 11.1. The van der Waals surface area contributed by atoms with Crippen molar-refractivity contribution in [2.24, 2.45) is 0 Å². The highest BCUT2D eigenvalue weighted by atomic mass is 16.6. The van der Waals surface area contributed by atoms with E-state index in [0.29, 0.717) is 11.5 Å². The molecule has 0 unspecified atom stereocenters. The van der Waals surface area contributed by atoms with Crippen LogP contribution in [0, 0.1) is 10.1 Å². The van der Waals surface area contributed by atoms with Gasteiger partial charge in [-0.3, -0.25) is 30.6 Å². The van der Waals surface area contributed by atoms with Gasteiger partial charge >= 0.3 is 5.69 Å². The van der Waals surface area contributed by atoms with Gasteiger partial charge in [0.1, 0.15) is 0 Å². The minimum Gasteiger partial charge on any atom is -0.493 e. The van der Waals surface area contributed by atoms with E-state index in [1.165, 1.54) is 32.2 Å². The van der Waals surface area contributed by atoms with Crippen LogP contribution in [0.25, 0.3) is 0 Å². The number of amides is 2. The first kappa shape index (κ1) is 20.5. The summed E-state index contributed by atoms with van der Waals surface area (Å²) in [6.45, 7) is 1.03. The number of rotatable bonds is 8. The number of nitrogens with one attached hydrogen (secondary N) is 2. The highest BCUT2D eigenvalue weighted by molar-refractivity contribution is 5.85. The predicted molar refractivity (Wildman–Crippen MR) is 98.0 cm³/mol. The fourth-order valence-electron chi connectivity index (χ4n) is 2.10. The number of benzene rings is 2. The van der Waals surface area contributed by atoms with Gasteiger partial charge in [-0.2, -0.15) is 0 Å². The van der Waals surface area contributed by atoms with Crippen molar-refractivity contribution in [3.63, 3.8) is 0 Å². The van der Waals surface area contributed by atoms with E-state index < -0.39 is 22.8 Å². The summed E-state index contributed by atoms with van der Waals surface area (Å²) in [5, 5.41) is 11.0. The van der Waals surface area contributed by atoms with Crippen LogP contribution in [-0.2, 0) is 9.59 Å². The summed E-state index contributed by atoms with van der Waals surface area (Å²) in [4.78, 5) is 34.2. The third kappa shape index (κ3) is 5.59. The zero-order valence-corrected chi connectivity index (χ0v) is 15.2. The van der Waals surface area contributed by atoms with E-state index >= 15 is 0 Å². The minimum atomic E-state index is -1.09. The topological polar surface area (TPSA) is 129 Å². The summed E-state index contributed by atoms with van der Waals surface area (Å²) in [6, 6.07) is 12.5. The predicted octanol–water partition coefficient (Wildman–Crippen LogP) is 1.60. The van der Waals surface area contributed by atoms with Gasteiger partial charge < -0.3 is 14.2 Å². The van der Waals surface area contributed by atoms with Gasteiger partial charge in [-0.15, -0.1) is 0 Å². The summed E-state index contributed by atoms with van der Waals surface area (Å²) in [6.07, 6.45) is -1.09. The fraction of sp³-hybridized carbons (Fsp3) is 0.222. The average Bonchev–Trinajstić information content (AvgIpc) is 2.70. The van der Waals surface area contributed by atoms with Crippen molar-refractivity contribution in [1.82, 2.24) is 10.9 Å². The summed E-state index contributed by atoms with van der Waals surface area (Å²) >= 11 is 0. The molecule has 0 aliphatic rings. The molecule has 1 atom stereocenters. The Labute approximate surface area is 160 Å². The van der Waals surface area contributed by atoms with Crippen LogP contribution in [0.1, 0.15) is 6.92 Å². The molecular formula is C18H19N3O7. The number of ether oxygens (including phenoxy) is 3. The quantitative estimate of drug-likeness (QED) is 0.518. The largest absolute Gasteiger partial charge is 0.493 e. The van der Waals surface area contributed by atoms with Crippen molar-refractivity contribution in [3.05, 3.63) is 58.6 Å². The standard InChI is InChI=1S/C18H19N3O7/c1-12(28-14-8-4-3-7-13(14)21(24)25)18(23)20-19-17(22)11-27-16-10-6-5-9-15(16)26-2/h3-10,12H,11H2,1-2H3,(H,19,22)(H,20,23)/t12-/m0/s1. The van der Waals surface area contributed by atoms with E-state index in [-0.39, 0.29) is 18.0 Å². The maximum atomic E-state index is 12.0. The van der Waals surface area contributed by atoms with Gasteiger partial charge in [0.25, 0.3) is 11.8 Å². The second-order valence-corrected chi connectivity index (χ2v) is 5.46. The molecule has 148 valence electrons. The van der Waals surface area contributed by atoms with E-state index in [1.807, 2.05) is 0 Å². The van der Waals surface area contributed by atoms with E-state index in [1.54, 1.807) is 30.3 Å². The van der Waals surface area contributed by atoms with Crippen molar-refractivity contribution in [2.75, 3.05) is 13.7 Å². The number of methoxy groups -OCH3 is 1. The van der Waals surface area contributed by atoms with Crippen molar-refractivity contribution < 1.29 is 28.7 Å². The van der Waals surface area contributed by atoms with Crippen molar-refractivity contribution in [2.45, 2.75) is 13.0 Å². The molecule has 28 heavy (non-hydrogen) atoms. The molecule has 0 fully saturated rings. The molecule has 0 aliphatic heterocycles. The molecule has 0 bridgehead atoms. The number of hydrogen-bond acceptors (Lipinski definition) is 7. The molecule has 0 aliphatic carbocycles. The lowest BCUT2D eigenvalue weighted by molar-refractivity contribution is -0.386. The Hall–Kier alpha value is -3.82. The Bertz CT molecular complexity index is 857. The number of carbonyl (C=O) groups is 2. The summed E-state index contributed by atoms with van der Waals surface area (Å²) in [5.41, 5.74) is 4.08. The molecule has 0 saturated heterocycles. The van der Waals surface area contributed by atoms with Crippen LogP contribution in [0.2, 0.25) is 0 Å². The molecule has 0 aromatic heterocycles. The second kappa shape index (κ2) is 9.76.